The molecule has 3 rings (SSSR count). The van der Waals surface area contributed by atoms with Gasteiger partial charge in [0, 0.05) is 24.6 Å². The van der Waals surface area contributed by atoms with E-state index in [2.05, 4.69) is 16.7 Å². The smallest absolute Gasteiger partial charge is 0.246 e. The van der Waals surface area contributed by atoms with Crippen LogP contribution in [0.1, 0.15) is 17.7 Å². The normalized spacial score (nSPS) is 20.9. The number of ether oxygens (including phenoxy) is 2. The van der Waals surface area contributed by atoms with E-state index in [0.29, 0.717) is 26.0 Å². The molecule has 6 nitrogen and oxygen atoms in total. The molecule has 0 bridgehead atoms. The summed E-state index contributed by atoms with van der Waals surface area (Å²) in [6.07, 6.45) is 2.22. The van der Waals surface area contributed by atoms with Crippen LogP contribution in [-0.4, -0.2) is 44.7 Å². The minimum Gasteiger partial charge on any atom is -0.493 e. The summed E-state index contributed by atoms with van der Waals surface area (Å²) in [5.41, 5.74) is 0. The molecule has 3 atom stereocenters. The van der Waals surface area contributed by atoms with Crippen molar-refractivity contribution in [2.75, 3.05) is 26.9 Å². The van der Waals surface area contributed by atoms with Crippen molar-refractivity contribution in [2.45, 2.75) is 25.3 Å². The Balaban J connectivity index is 1.54. The second-order valence-electron chi connectivity index (χ2n) is 7.30. The van der Waals surface area contributed by atoms with Crippen molar-refractivity contribution in [3.05, 3.63) is 52.7 Å². The Kier molecular flexibility index (Phi) is 8.07. The Labute approximate surface area is 175 Å². The summed E-state index contributed by atoms with van der Waals surface area (Å²) in [6.45, 7) is 1.12. The molecule has 1 aromatic carbocycles. The lowest BCUT2D eigenvalue weighted by molar-refractivity contribution is -0.128. The number of hydrogen-bond donors (Lipinski definition) is 2. The Bertz CT molecular complexity index is 766. The summed E-state index contributed by atoms with van der Waals surface area (Å²) in [4.78, 5) is 26.1. The Morgan fingerprint density at radius 3 is 2.69 bits per heavy atom. The SMILES string of the molecule is COCC(=O)N[C@@H]1C[C@H](COc2ccccc2)C[C@H]1C(=O)NCCc1cccs1. The Morgan fingerprint density at radius 2 is 1.97 bits per heavy atom. The van der Waals surface area contributed by atoms with Crippen molar-refractivity contribution in [3.63, 3.8) is 0 Å². The van der Waals surface area contributed by atoms with Crippen molar-refractivity contribution in [2.24, 2.45) is 11.8 Å². The van der Waals surface area contributed by atoms with Crippen LogP contribution in [0.25, 0.3) is 0 Å². The maximum atomic E-state index is 12.8. The summed E-state index contributed by atoms with van der Waals surface area (Å²) in [5.74, 6) is 0.556. The topological polar surface area (TPSA) is 76.7 Å². The fourth-order valence-corrected chi connectivity index (χ4v) is 4.44. The van der Waals surface area contributed by atoms with Crippen molar-refractivity contribution in [3.8, 4) is 5.75 Å². The fraction of sp³-hybridized carbons (Fsp3) is 0.455. The average Bonchev–Trinajstić information content (AvgIpc) is 3.37. The third kappa shape index (κ3) is 6.58. The number of benzene rings is 1. The highest BCUT2D eigenvalue weighted by atomic mass is 32.1. The monoisotopic (exact) mass is 416 g/mol. The highest BCUT2D eigenvalue weighted by Gasteiger charge is 2.39. The summed E-state index contributed by atoms with van der Waals surface area (Å²) in [5, 5.41) is 8.04. The van der Waals surface area contributed by atoms with Crippen LogP contribution < -0.4 is 15.4 Å². The molecule has 156 valence electrons. The zero-order chi connectivity index (χ0) is 20.5. The number of rotatable bonds is 10. The molecule has 1 aliphatic carbocycles. The highest BCUT2D eigenvalue weighted by Crippen LogP contribution is 2.32. The van der Waals surface area contributed by atoms with E-state index in [1.807, 2.05) is 41.8 Å². The van der Waals surface area contributed by atoms with Crippen molar-refractivity contribution < 1.29 is 19.1 Å². The molecule has 0 aliphatic heterocycles. The van der Waals surface area contributed by atoms with Crippen LogP contribution in [0.15, 0.2) is 47.8 Å². The molecule has 1 saturated carbocycles. The van der Waals surface area contributed by atoms with Crippen LogP contribution in [0.3, 0.4) is 0 Å². The second kappa shape index (κ2) is 11.0. The third-order valence-corrected chi connectivity index (χ3v) is 6.03. The van der Waals surface area contributed by atoms with Crippen LogP contribution in [-0.2, 0) is 20.7 Å². The molecule has 1 aliphatic rings. The molecule has 0 spiro atoms. The first-order valence-corrected chi connectivity index (χ1v) is 10.8. The van der Waals surface area contributed by atoms with E-state index in [-0.39, 0.29) is 36.3 Å². The number of thiophene rings is 1. The number of amides is 2. The number of para-hydroxylation sites is 1. The number of carbonyl (C=O) groups excluding carboxylic acids is 2. The van der Waals surface area contributed by atoms with Crippen molar-refractivity contribution >= 4 is 23.2 Å². The molecule has 2 amide bonds. The van der Waals surface area contributed by atoms with E-state index in [9.17, 15) is 9.59 Å². The van der Waals surface area contributed by atoms with Gasteiger partial charge in [-0.15, -0.1) is 11.3 Å². The van der Waals surface area contributed by atoms with E-state index in [1.165, 1.54) is 12.0 Å². The van der Waals surface area contributed by atoms with Crippen LogP contribution >= 0.6 is 11.3 Å². The molecule has 2 N–H and O–H groups in total. The zero-order valence-electron chi connectivity index (χ0n) is 16.6. The molecular formula is C22H28N2O4S. The minimum atomic E-state index is -0.261. The lowest BCUT2D eigenvalue weighted by Gasteiger charge is -2.20. The van der Waals surface area contributed by atoms with E-state index in [0.717, 1.165) is 12.2 Å². The van der Waals surface area contributed by atoms with Crippen LogP contribution in [0.2, 0.25) is 0 Å². The van der Waals surface area contributed by atoms with Crippen LogP contribution in [0.5, 0.6) is 5.75 Å². The van der Waals surface area contributed by atoms with Crippen LogP contribution in [0.4, 0.5) is 0 Å². The van der Waals surface area contributed by atoms with Crippen LogP contribution in [0, 0.1) is 11.8 Å². The largest absolute Gasteiger partial charge is 0.493 e. The van der Waals surface area contributed by atoms with Gasteiger partial charge in [0.15, 0.2) is 0 Å². The summed E-state index contributed by atoms with van der Waals surface area (Å²) < 4.78 is 10.8. The minimum absolute atomic E-state index is 0.00556. The molecule has 0 radical (unpaired) electrons. The van der Waals surface area contributed by atoms with Gasteiger partial charge in [0.25, 0.3) is 0 Å². The number of carbonyl (C=O) groups is 2. The van der Waals surface area contributed by atoms with Gasteiger partial charge in [-0.3, -0.25) is 9.59 Å². The maximum absolute atomic E-state index is 12.8. The van der Waals surface area contributed by atoms with Crippen molar-refractivity contribution in [1.29, 1.82) is 0 Å². The first-order chi connectivity index (χ1) is 14.2. The first-order valence-electron chi connectivity index (χ1n) is 9.92. The summed E-state index contributed by atoms with van der Waals surface area (Å²) in [6, 6.07) is 13.5. The predicted octanol–water partition coefficient (Wildman–Crippen LogP) is 2.64. The molecule has 0 saturated heterocycles. The highest BCUT2D eigenvalue weighted by molar-refractivity contribution is 7.09. The fourth-order valence-electron chi connectivity index (χ4n) is 3.73. The average molecular weight is 417 g/mol. The molecule has 1 heterocycles. The summed E-state index contributed by atoms with van der Waals surface area (Å²) >= 11 is 1.69. The molecule has 7 heteroatoms. The van der Waals surface area contributed by atoms with Gasteiger partial charge in [0.1, 0.15) is 12.4 Å². The lowest BCUT2D eigenvalue weighted by atomic mass is 10.0. The van der Waals surface area contributed by atoms with E-state index in [4.69, 9.17) is 9.47 Å². The number of nitrogens with one attached hydrogen (secondary N) is 2. The maximum Gasteiger partial charge on any atom is 0.246 e. The van der Waals surface area contributed by atoms with Gasteiger partial charge in [0.05, 0.1) is 12.5 Å². The van der Waals surface area contributed by atoms with Gasteiger partial charge in [-0.1, -0.05) is 24.3 Å². The first kappa shape index (κ1) is 21.3. The van der Waals surface area contributed by atoms with Gasteiger partial charge in [0.2, 0.25) is 11.8 Å². The van der Waals surface area contributed by atoms with Gasteiger partial charge < -0.3 is 20.1 Å². The van der Waals surface area contributed by atoms with Gasteiger partial charge >= 0.3 is 0 Å². The standard InChI is InChI=1S/C22H28N2O4S/c1-27-15-21(25)24-20-13-16(14-28-17-6-3-2-4-7-17)12-19(20)22(26)23-10-9-18-8-5-11-29-18/h2-8,11,16,19-20H,9-10,12-15H2,1H3,(H,23,26)(H,24,25)/t16-,19-,20-/m1/s1. The van der Waals surface area contributed by atoms with Gasteiger partial charge in [-0.2, -0.15) is 0 Å². The van der Waals surface area contributed by atoms with Gasteiger partial charge in [-0.25, -0.2) is 0 Å². The van der Waals surface area contributed by atoms with Gasteiger partial charge in [-0.05, 0) is 48.8 Å². The predicted molar refractivity (Wildman–Crippen MR) is 113 cm³/mol. The Hall–Kier alpha value is -2.38. The Morgan fingerprint density at radius 1 is 1.14 bits per heavy atom. The summed E-state index contributed by atoms with van der Waals surface area (Å²) in [7, 11) is 1.49. The molecular weight excluding hydrogens is 388 g/mol. The van der Waals surface area contributed by atoms with E-state index in [1.54, 1.807) is 11.3 Å². The zero-order valence-corrected chi connectivity index (χ0v) is 17.5. The number of hydrogen-bond acceptors (Lipinski definition) is 5. The molecule has 1 fully saturated rings. The lowest BCUT2D eigenvalue weighted by Crippen LogP contribution is -2.45. The van der Waals surface area contributed by atoms with E-state index < -0.39 is 0 Å². The molecule has 0 unspecified atom stereocenters. The third-order valence-electron chi connectivity index (χ3n) is 5.10. The molecule has 2 aromatic rings. The quantitative estimate of drug-likeness (QED) is 0.624. The van der Waals surface area contributed by atoms with Crippen molar-refractivity contribution in [1.82, 2.24) is 10.6 Å². The molecule has 29 heavy (non-hydrogen) atoms. The second-order valence-corrected chi connectivity index (χ2v) is 8.33. The number of methoxy groups -OCH3 is 1. The van der Waals surface area contributed by atoms with E-state index >= 15 is 0 Å². The molecule has 1 aromatic heterocycles.